The van der Waals surface area contributed by atoms with Crippen LogP contribution >= 0.6 is 0 Å². The van der Waals surface area contributed by atoms with Crippen molar-refractivity contribution in [2.45, 2.75) is 43.7 Å². The lowest BCUT2D eigenvalue weighted by Gasteiger charge is -2.33. The first-order valence-corrected chi connectivity index (χ1v) is 10.5. The largest absolute Gasteiger partial charge is 0.483 e. The van der Waals surface area contributed by atoms with Crippen LogP contribution in [0.5, 0.6) is 0 Å². The third kappa shape index (κ3) is 3.84. The summed E-state index contributed by atoms with van der Waals surface area (Å²) in [5.74, 6) is 1.21. The number of carboxylic acid groups (broad SMARTS) is 1. The van der Waals surface area contributed by atoms with E-state index < -0.39 is 5.72 Å². The number of carbonyl (C=O) groups excluding carboxylic acids is 1. The molecule has 3 fully saturated rings. The van der Waals surface area contributed by atoms with Crippen molar-refractivity contribution in [3.63, 3.8) is 0 Å². The van der Waals surface area contributed by atoms with Gasteiger partial charge in [-0.1, -0.05) is 30.3 Å². The maximum atomic E-state index is 13.0. The van der Waals surface area contributed by atoms with Crippen LogP contribution in [0.2, 0.25) is 0 Å². The van der Waals surface area contributed by atoms with Crippen molar-refractivity contribution >= 4 is 12.4 Å². The molecule has 166 valence electrons. The van der Waals surface area contributed by atoms with Crippen LogP contribution in [0.25, 0.3) is 0 Å². The Morgan fingerprint density at radius 2 is 2.13 bits per heavy atom. The number of hydrogen-bond acceptors (Lipinski definition) is 6. The maximum Gasteiger partial charge on any atom is 0.290 e. The second-order valence-corrected chi connectivity index (χ2v) is 7.92. The molecule has 1 N–H and O–H groups in total. The molecule has 9 nitrogen and oxygen atoms in total. The van der Waals surface area contributed by atoms with Crippen LogP contribution in [0.3, 0.4) is 0 Å². The van der Waals surface area contributed by atoms with Crippen LogP contribution in [-0.4, -0.2) is 75.5 Å². The number of aromatic nitrogens is 2. The molecule has 0 aliphatic carbocycles. The van der Waals surface area contributed by atoms with Crippen LogP contribution in [0, 0.1) is 0 Å². The quantitative estimate of drug-likeness (QED) is 0.697. The number of likely N-dealkylation sites (tertiary alicyclic amines) is 1. The first-order valence-electron chi connectivity index (χ1n) is 10.5. The van der Waals surface area contributed by atoms with Crippen molar-refractivity contribution in [3.05, 3.63) is 54.1 Å². The Morgan fingerprint density at radius 1 is 1.35 bits per heavy atom. The molecule has 1 aromatic heterocycles. The molecule has 0 radical (unpaired) electrons. The average molecular weight is 428 g/mol. The fourth-order valence-corrected chi connectivity index (χ4v) is 5.11. The highest BCUT2D eigenvalue weighted by atomic mass is 16.5. The molecular formula is C22H28N4O5. The number of imidazole rings is 1. The summed E-state index contributed by atoms with van der Waals surface area (Å²) < 4.78 is 13.7. The summed E-state index contributed by atoms with van der Waals surface area (Å²) in [7, 11) is 1.71. The number of hydrogen-bond donors (Lipinski definition) is 1. The molecule has 3 aliphatic rings. The van der Waals surface area contributed by atoms with Crippen LogP contribution in [0.1, 0.15) is 30.3 Å². The Labute approximate surface area is 181 Å². The molecule has 3 saturated heterocycles. The molecule has 5 rings (SSSR count). The van der Waals surface area contributed by atoms with Crippen LogP contribution in [0.15, 0.2) is 42.7 Å². The lowest BCUT2D eigenvalue weighted by atomic mass is 10.0. The summed E-state index contributed by atoms with van der Waals surface area (Å²) in [6, 6.07) is 10.3. The maximum absolute atomic E-state index is 13.0. The molecule has 3 aliphatic heterocycles. The third-order valence-electron chi connectivity index (χ3n) is 6.43. The lowest BCUT2D eigenvalue weighted by molar-refractivity contribution is -0.138. The van der Waals surface area contributed by atoms with Crippen LogP contribution in [0.4, 0.5) is 0 Å². The van der Waals surface area contributed by atoms with Crippen LogP contribution < -0.4 is 0 Å². The van der Waals surface area contributed by atoms with Gasteiger partial charge < -0.3 is 24.0 Å². The normalized spacial score (nSPS) is 27.0. The van der Waals surface area contributed by atoms with Crippen LogP contribution in [-0.2, 0) is 32.2 Å². The third-order valence-corrected chi connectivity index (χ3v) is 6.43. The standard InChI is InChI=1S/C21H26N4O3.CH2O2/c1-27-12-11-23-10-8-22-19(23)14-24-9-7-21-18(24)13-20(26)25(21)17(15-28-21)16-5-3-2-4-6-16;2-1-3/h2-6,8,10,17-18H,7,9,11-15H2,1H3;1H,(H,2,3)/t17-,18+,21-;/m0./s1. The van der Waals surface area contributed by atoms with Gasteiger partial charge in [0.25, 0.3) is 6.47 Å². The smallest absolute Gasteiger partial charge is 0.290 e. The van der Waals surface area contributed by atoms with E-state index in [0.717, 1.165) is 37.4 Å². The molecule has 9 heteroatoms. The Kier molecular flexibility index (Phi) is 6.35. The fourth-order valence-electron chi connectivity index (χ4n) is 5.11. The number of rotatable bonds is 6. The van der Waals surface area contributed by atoms with Gasteiger partial charge in [-0.2, -0.15) is 0 Å². The first-order chi connectivity index (χ1) is 15.1. The highest BCUT2D eigenvalue weighted by Crippen LogP contribution is 2.51. The Morgan fingerprint density at radius 3 is 2.87 bits per heavy atom. The van der Waals surface area contributed by atoms with Gasteiger partial charge >= 0.3 is 0 Å². The van der Waals surface area contributed by atoms with Gasteiger partial charge in [-0.25, -0.2) is 4.98 Å². The second kappa shape index (κ2) is 9.17. The predicted octanol–water partition coefficient (Wildman–Crippen LogP) is 1.50. The number of amides is 1. The minimum atomic E-state index is -0.485. The minimum Gasteiger partial charge on any atom is -0.483 e. The molecule has 0 bridgehead atoms. The van der Waals surface area contributed by atoms with Crippen molar-refractivity contribution in [2.75, 3.05) is 26.9 Å². The van der Waals surface area contributed by atoms with E-state index in [-0.39, 0.29) is 24.5 Å². The Bertz CT molecular complexity index is 904. The molecule has 2 aromatic rings. The minimum absolute atomic E-state index is 0.0161. The lowest BCUT2D eigenvalue weighted by Crippen LogP contribution is -2.48. The topological polar surface area (TPSA) is 97.1 Å². The number of ether oxygens (including phenoxy) is 2. The van der Waals surface area contributed by atoms with Crippen molar-refractivity contribution in [3.8, 4) is 0 Å². The van der Waals surface area contributed by atoms with E-state index >= 15 is 0 Å². The molecule has 1 aromatic carbocycles. The van der Waals surface area contributed by atoms with E-state index in [4.69, 9.17) is 19.4 Å². The number of nitrogens with zero attached hydrogens (tertiary/aromatic N) is 4. The van der Waals surface area contributed by atoms with E-state index in [1.165, 1.54) is 0 Å². The zero-order valence-corrected chi connectivity index (χ0v) is 17.6. The van der Waals surface area contributed by atoms with Crippen molar-refractivity contribution in [1.29, 1.82) is 0 Å². The summed E-state index contributed by atoms with van der Waals surface area (Å²) >= 11 is 0. The fraction of sp³-hybridized carbons (Fsp3) is 0.500. The summed E-state index contributed by atoms with van der Waals surface area (Å²) in [5.41, 5.74) is 0.670. The Balaban J connectivity index is 0.000000730. The van der Waals surface area contributed by atoms with Gasteiger partial charge in [0.2, 0.25) is 5.91 Å². The molecule has 3 atom stereocenters. The average Bonchev–Trinajstić information content (AvgIpc) is 3.52. The van der Waals surface area contributed by atoms with E-state index in [2.05, 4.69) is 26.6 Å². The predicted molar refractivity (Wildman–Crippen MR) is 111 cm³/mol. The summed E-state index contributed by atoms with van der Waals surface area (Å²) in [6.07, 6.45) is 5.19. The van der Waals surface area contributed by atoms with Gasteiger partial charge in [-0.05, 0) is 5.56 Å². The van der Waals surface area contributed by atoms with Crippen molar-refractivity contribution < 1.29 is 24.2 Å². The van der Waals surface area contributed by atoms with Gasteiger partial charge in [-0.3, -0.25) is 14.5 Å². The monoisotopic (exact) mass is 428 g/mol. The molecule has 4 heterocycles. The number of carbonyl (C=O) groups is 2. The van der Waals surface area contributed by atoms with Crippen molar-refractivity contribution in [2.24, 2.45) is 0 Å². The van der Waals surface area contributed by atoms with Crippen molar-refractivity contribution in [1.82, 2.24) is 19.4 Å². The molecule has 1 amide bonds. The van der Waals surface area contributed by atoms with E-state index in [1.54, 1.807) is 7.11 Å². The number of benzene rings is 1. The number of methoxy groups -OCH3 is 1. The molecule has 0 saturated carbocycles. The highest BCUT2D eigenvalue weighted by Gasteiger charge is 2.64. The Hall–Kier alpha value is -2.75. The van der Waals surface area contributed by atoms with Gasteiger partial charge in [0.15, 0.2) is 5.72 Å². The van der Waals surface area contributed by atoms with E-state index in [9.17, 15) is 4.79 Å². The molecule has 0 unspecified atom stereocenters. The second-order valence-electron chi connectivity index (χ2n) is 7.92. The van der Waals surface area contributed by atoms with E-state index in [0.29, 0.717) is 19.6 Å². The first kappa shape index (κ1) is 21.5. The van der Waals surface area contributed by atoms with Gasteiger partial charge in [0.1, 0.15) is 5.82 Å². The van der Waals surface area contributed by atoms with Gasteiger partial charge in [-0.15, -0.1) is 0 Å². The summed E-state index contributed by atoms with van der Waals surface area (Å²) in [6.45, 7) is 3.40. The molecular weight excluding hydrogens is 400 g/mol. The van der Waals surface area contributed by atoms with Gasteiger partial charge in [0, 0.05) is 45.4 Å². The van der Waals surface area contributed by atoms with E-state index in [1.807, 2.05) is 35.5 Å². The molecule has 31 heavy (non-hydrogen) atoms. The zero-order chi connectivity index (χ0) is 21.8. The molecule has 1 spiro atoms. The highest BCUT2D eigenvalue weighted by molar-refractivity contribution is 5.82. The summed E-state index contributed by atoms with van der Waals surface area (Å²) in [4.78, 5) is 30.3. The SMILES string of the molecule is COCCn1ccnc1CN1CC[C@@]23OC[C@@H](c4ccccc4)N2C(=O)C[C@@H]13.O=CO. The summed E-state index contributed by atoms with van der Waals surface area (Å²) in [5, 5.41) is 6.89. The zero-order valence-electron chi connectivity index (χ0n) is 17.6. The van der Waals surface area contributed by atoms with Gasteiger partial charge in [0.05, 0.1) is 31.8 Å².